The van der Waals surface area contributed by atoms with Gasteiger partial charge in [0.15, 0.2) is 10.9 Å². The number of thiazole rings is 1. The van der Waals surface area contributed by atoms with Crippen LogP contribution in [0.5, 0.6) is 0 Å². The minimum Gasteiger partial charge on any atom is -0.375 e. The van der Waals surface area contributed by atoms with Gasteiger partial charge in [-0.3, -0.25) is 4.79 Å². The fraction of sp³-hybridized carbons (Fsp3) is 0. The summed E-state index contributed by atoms with van der Waals surface area (Å²) in [6.07, 6.45) is 0. The third kappa shape index (κ3) is 2.72. The van der Waals surface area contributed by atoms with Crippen molar-refractivity contribution in [2.75, 3.05) is 11.1 Å². The first-order valence-electron chi connectivity index (χ1n) is 4.64. The summed E-state index contributed by atoms with van der Waals surface area (Å²) in [5.41, 5.74) is 5.87. The lowest BCUT2D eigenvalue weighted by molar-refractivity contribution is 0.102. The number of nitrogens with two attached hydrogens (primary N) is 1. The fourth-order valence-electron chi connectivity index (χ4n) is 1.21. The number of halogens is 3. The van der Waals surface area contributed by atoms with Gasteiger partial charge in [0.1, 0.15) is 5.69 Å². The molecule has 0 aliphatic rings. The summed E-state index contributed by atoms with van der Waals surface area (Å²) >= 11 is 12.4. The highest BCUT2D eigenvalue weighted by Crippen LogP contribution is 2.27. The van der Waals surface area contributed by atoms with Gasteiger partial charge in [0.2, 0.25) is 0 Å². The Morgan fingerprint density at radius 2 is 2.00 bits per heavy atom. The zero-order valence-electron chi connectivity index (χ0n) is 8.71. The van der Waals surface area contributed by atoms with Crippen molar-refractivity contribution in [1.82, 2.24) is 4.98 Å². The molecule has 1 aromatic carbocycles. The quantitative estimate of drug-likeness (QED) is 0.835. The van der Waals surface area contributed by atoms with E-state index in [0.29, 0.717) is 0 Å². The molecule has 94 valence electrons. The highest BCUT2D eigenvalue weighted by atomic mass is 35.5. The van der Waals surface area contributed by atoms with Crippen LogP contribution in [-0.4, -0.2) is 10.9 Å². The number of hydrogen-bond donors (Lipinski definition) is 2. The molecule has 2 rings (SSSR count). The number of aromatic nitrogens is 1. The second-order valence-electron chi connectivity index (χ2n) is 3.28. The molecule has 0 saturated heterocycles. The molecular formula is C10H6Cl2FN3OS. The summed E-state index contributed by atoms with van der Waals surface area (Å²) in [5, 5.41) is 3.95. The minimum absolute atomic E-state index is 0.171. The van der Waals surface area contributed by atoms with E-state index in [1.54, 1.807) is 0 Å². The van der Waals surface area contributed by atoms with E-state index in [1.165, 1.54) is 17.5 Å². The van der Waals surface area contributed by atoms with Crippen LogP contribution in [0.4, 0.5) is 15.2 Å². The molecule has 8 heteroatoms. The average molecular weight is 306 g/mol. The van der Waals surface area contributed by atoms with E-state index in [9.17, 15) is 9.18 Å². The number of rotatable bonds is 2. The van der Waals surface area contributed by atoms with Crippen molar-refractivity contribution in [3.05, 3.63) is 39.1 Å². The van der Waals surface area contributed by atoms with Crippen LogP contribution in [0.1, 0.15) is 10.5 Å². The molecule has 0 radical (unpaired) electrons. The van der Waals surface area contributed by atoms with Crippen LogP contribution >= 0.6 is 34.5 Å². The number of carbonyl (C=O) groups is 1. The third-order valence-corrected chi connectivity index (χ3v) is 3.22. The summed E-state index contributed by atoms with van der Waals surface area (Å²) in [4.78, 5) is 15.5. The van der Waals surface area contributed by atoms with Gasteiger partial charge >= 0.3 is 0 Å². The minimum atomic E-state index is -0.728. The first-order valence-corrected chi connectivity index (χ1v) is 6.28. The standard InChI is InChI=1S/C10H6Cl2FN3OS/c11-5-1-4(2-6(12)8(5)13)15-9(17)7-3-18-10(14)16-7/h1-3H,(H2,14,16)(H,15,17). The van der Waals surface area contributed by atoms with E-state index in [0.717, 1.165) is 11.3 Å². The van der Waals surface area contributed by atoms with Crippen LogP contribution < -0.4 is 11.1 Å². The number of nitrogens with one attached hydrogen (secondary N) is 1. The largest absolute Gasteiger partial charge is 0.375 e. The first-order chi connectivity index (χ1) is 8.47. The fourth-order valence-corrected chi connectivity index (χ4v) is 2.24. The maximum absolute atomic E-state index is 13.2. The molecule has 2 aromatic rings. The molecule has 1 amide bonds. The number of carbonyl (C=O) groups excluding carboxylic acids is 1. The highest BCUT2D eigenvalue weighted by Gasteiger charge is 2.13. The van der Waals surface area contributed by atoms with E-state index in [1.807, 2.05) is 0 Å². The summed E-state index contributed by atoms with van der Waals surface area (Å²) in [7, 11) is 0. The zero-order valence-corrected chi connectivity index (χ0v) is 11.0. The number of anilines is 2. The predicted molar refractivity (Wildman–Crippen MR) is 70.9 cm³/mol. The van der Waals surface area contributed by atoms with Gasteiger partial charge in [0.05, 0.1) is 10.0 Å². The smallest absolute Gasteiger partial charge is 0.275 e. The van der Waals surface area contributed by atoms with Crippen LogP contribution in [-0.2, 0) is 0 Å². The van der Waals surface area contributed by atoms with Gasteiger partial charge < -0.3 is 11.1 Å². The molecule has 0 saturated carbocycles. The topological polar surface area (TPSA) is 68.0 Å². The van der Waals surface area contributed by atoms with Crippen molar-refractivity contribution in [2.45, 2.75) is 0 Å². The maximum Gasteiger partial charge on any atom is 0.275 e. The molecule has 0 aliphatic heterocycles. The Bertz CT molecular complexity index is 594. The summed E-state index contributed by atoms with van der Waals surface area (Å²) < 4.78 is 13.2. The second kappa shape index (κ2) is 5.09. The second-order valence-corrected chi connectivity index (χ2v) is 4.98. The van der Waals surface area contributed by atoms with E-state index in [-0.39, 0.29) is 26.6 Å². The molecule has 0 atom stereocenters. The van der Waals surface area contributed by atoms with Crippen molar-refractivity contribution in [3.63, 3.8) is 0 Å². The SMILES string of the molecule is Nc1nc(C(=O)Nc2cc(Cl)c(F)c(Cl)c2)cs1. The summed E-state index contributed by atoms with van der Waals surface area (Å²) in [6.45, 7) is 0. The lowest BCUT2D eigenvalue weighted by Crippen LogP contribution is -2.12. The normalized spacial score (nSPS) is 10.4. The molecule has 1 aromatic heterocycles. The molecular weight excluding hydrogens is 300 g/mol. The lowest BCUT2D eigenvalue weighted by atomic mass is 10.3. The van der Waals surface area contributed by atoms with Crippen LogP contribution in [0.3, 0.4) is 0 Å². The molecule has 1 heterocycles. The van der Waals surface area contributed by atoms with Gasteiger partial charge in [-0.25, -0.2) is 9.37 Å². The maximum atomic E-state index is 13.2. The van der Waals surface area contributed by atoms with Crippen molar-refractivity contribution in [1.29, 1.82) is 0 Å². The molecule has 0 unspecified atom stereocenters. The van der Waals surface area contributed by atoms with E-state index in [4.69, 9.17) is 28.9 Å². The van der Waals surface area contributed by atoms with E-state index in [2.05, 4.69) is 10.3 Å². The average Bonchev–Trinajstić information content (AvgIpc) is 2.72. The van der Waals surface area contributed by atoms with Gasteiger partial charge in [0.25, 0.3) is 5.91 Å². The lowest BCUT2D eigenvalue weighted by Gasteiger charge is -2.05. The van der Waals surface area contributed by atoms with Gasteiger partial charge in [-0.1, -0.05) is 23.2 Å². The number of nitrogen functional groups attached to an aromatic ring is 1. The van der Waals surface area contributed by atoms with E-state index < -0.39 is 11.7 Å². The van der Waals surface area contributed by atoms with Crippen molar-refractivity contribution < 1.29 is 9.18 Å². The zero-order chi connectivity index (χ0) is 13.3. The molecule has 3 N–H and O–H groups in total. The third-order valence-electron chi connectivity index (χ3n) is 2.00. The molecule has 0 spiro atoms. The van der Waals surface area contributed by atoms with Crippen LogP contribution in [0.2, 0.25) is 10.0 Å². The first kappa shape index (κ1) is 13.1. The van der Waals surface area contributed by atoms with Gasteiger partial charge in [-0.05, 0) is 12.1 Å². The Morgan fingerprint density at radius 3 is 2.50 bits per heavy atom. The number of nitrogens with zero attached hydrogens (tertiary/aromatic N) is 1. The molecule has 18 heavy (non-hydrogen) atoms. The Balaban J connectivity index is 2.22. The molecule has 0 aliphatic carbocycles. The van der Waals surface area contributed by atoms with Gasteiger partial charge in [-0.15, -0.1) is 11.3 Å². The van der Waals surface area contributed by atoms with Crippen LogP contribution in [0, 0.1) is 5.82 Å². The molecule has 0 bridgehead atoms. The van der Waals surface area contributed by atoms with Crippen LogP contribution in [0.15, 0.2) is 17.5 Å². The van der Waals surface area contributed by atoms with E-state index >= 15 is 0 Å². The Morgan fingerprint density at radius 1 is 1.39 bits per heavy atom. The Labute approximate surface area is 116 Å². The van der Waals surface area contributed by atoms with Crippen molar-refractivity contribution >= 4 is 51.3 Å². The predicted octanol–water partition coefficient (Wildman–Crippen LogP) is 3.42. The Hall–Kier alpha value is -1.37. The Kier molecular flexibility index (Phi) is 3.70. The van der Waals surface area contributed by atoms with Gasteiger partial charge in [0, 0.05) is 11.1 Å². The van der Waals surface area contributed by atoms with Crippen molar-refractivity contribution in [2.24, 2.45) is 0 Å². The number of amides is 1. The summed E-state index contributed by atoms with van der Waals surface area (Å²) in [5.74, 6) is -1.20. The highest BCUT2D eigenvalue weighted by molar-refractivity contribution is 7.13. The van der Waals surface area contributed by atoms with Gasteiger partial charge in [-0.2, -0.15) is 0 Å². The summed E-state index contributed by atoms with van der Waals surface area (Å²) in [6, 6.07) is 2.52. The number of hydrogen-bond acceptors (Lipinski definition) is 4. The number of benzene rings is 1. The van der Waals surface area contributed by atoms with Crippen LogP contribution in [0.25, 0.3) is 0 Å². The molecule has 4 nitrogen and oxygen atoms in total. The molecule has 0 fully saturated rings. The monoisotopic (exact) mass is 305 g/mol. The van der Waals surface area contributed by atoms with Crippen molar-refractivity contribution in [3.8, 4) is 0 Å².